The smallest absolute Gasteiger partial charge is 0.244 e. The number of hydrogen-bond donors (Lipinski definition) is 0. The van der Waals surface area contributed by atoms with E-state index in [9.17, 15) is 9.18 Å². The first-order valence-electron chi connectivity index (χ1n) is 7.73. The van der Waals surface area contributed by atoms with Gasteiger partial charge in [0.05, 0.1) is 6.61 Å². The number of amides is 1. The van der Waals surface area contributed by atoms with Gasteiger partial charge in [0.15, 0.2) is 0 Å². The van der Waals surface area contributed by atoms with Crippen LogP contribution in [0.4, 0.5) is 4.39 Å². The second-order valence-corrected chi connectivity index (χ2v) is 6.59. The number of nitrogens with zero attached hydrogens (tertiary/aromatic N) is 2. The van der Waals surface area contributed by atoms with Crippen LogP contribution >= 0.6 is 11.3 Å². The summed E-state index contributed by atoms with van der Waals surface area (Å²) in [5.74, 6) is -0.401. The minimum Gasteiger partial charge on any atom is -0.383 e. The Hall–Kier alpha value is -1.76. The number of carbonyl (C=O) groups is 1. The van der Waals surface area contributed by atoms with Crippen LogP contribution in [0.25, 0.3) is 0 Å². The van der Waals surface area contributed by atoms with Gasteiger partial charge in [-0.3, -0.25) is 9.69 Å². The molecule has 0 aliphatic carbocycles. The first-order valence-corrected chi connectivity index (χ1v) is 8.68. The minimum atomic E-state index is -0.531. The number of halogens is 1. The molecule has 1 heterocycles. The van der Waals surface area contributed by atoms with E-state index in [1.54, 1.807) is 35.5 Å². The first-order chi connectivity index (χ1) is 11.5. The number of benzene rings is 1. The van der Waals surface area contributed by atoms with E-state index in [2.05, 4.69) is 0 Å². The van der Waals surface area contributed by atoms with E-state index < -0.39 is 6.04 Å². The van der Waals surface area contributed by atoms with Crippen molar-refractivity contribution in [1.82, 2.24) is 9.80 Å². The summed E-state index contributed by atoms with van der Waals surface area (Å²) < 4.78 is 18.7. The lowest BCUT2D eigenvalue weighted by atomic mass is 10.0. The quantitative estimate of drug-likeness (QED) is 0.733. The molecule has 2 aromatic rings. The minimum absolute atomic E-state index is 0.0612. The number of likely N-dealkylation sites (N-methyl/N-ethyl adjacent to an activating group) is 1. The standard InChI is InChI=1S/C18H23FN2O2S/c1-20(2)17(15-5-4-6-16(19)11-15)18(22)21(8-9-23-3)12-14-7-10-24-13-14/h4-7,10-11,13,17H,8-9,12H2,1-3H3. The van der Waals surface area contributed by atoms with Crippen molar-refractivity contribution in [2.75, 3.05) is 34.4 Å². The summed E-state index contributed by atoms with van der Waals surface area (Å²) in [5, 5.41) is 4.02. The molecule has 1 aromatic heterocycles. The molecule has 0 aliphatic rings. The van der Waals surface area contributed by atoms with Crippen molar-refractivity contribution in [3.63, 3.8) is 0 Å². The molecule has 1 aromatic carbocycles. The van der Waals surface area contributed by atoms with Gasteiger partial charge in [-0.2, -0.15) is 11.3 Å². The van der Waals surface area contributed by atoms with E-state index in [-0.39, 0.29) is 11.7 Å². The maximum absolute atomic E-state index is 13.6. The van der Waals surface area contributed by atoms with Gasteiger partial charge in [-0.1, -0.05) is 12.1 Å². The fourth-order valence-corrected chi connectivity index (χ4v) is 3.24. The molecule has 130 valence electrons. The summed E-state index contributed by atoms with van der Waals surface area (Å²) in [6.45, 7) is 1.47. The maximum atomic E-state index is 13.6. The molecule has 0 fully saturated rings. The number of carbonyl (C=O) groups excluding carboxylic acids is 1. The van der Waals surface area contributed by atoms with E-state index in [1.807, 2.05) is 35.8 Å². The summed E-state index contributed by atoms with van der Waals surface area (Å²) in [5.41, 5.74) is 1.74. The lowest BCUT2D eigenvalue weighted by Gasteiger charge is -2.31. The molecule has 0 aliphatic heterocycles. The van der Waals surface area contributed by atoms with Crippen molar-refractivity contribution >= 4 is 17.2 Å². The summed E-state index contributed by atoms with van der Waals surface area (Å²) >= 11 is 1.60. The Balaban J connectivity index is 2.26. The third kappa shape index (κ3) is 4.87. The SMILES string of the molecule is COCCN(Cc1ccsc1)C(=O)C(c1cccc(F)c1)N(C)C. The van der Waals surface area contributed by atoms with E-state index in [4.69, 9.17) is 4.74 Å². The number of rotatable bonds is 8. The highest BCUT2D eigenvalue weighted by molar-refractivity contribution is 7.07. The fraction of sp³-hybridized carbons (Fsp3) is 0.389. The monoisotopic (exact) mass is 350 g/mol. The van der Waals surface area contributed by atoms with E-state index in [0.29, 0.717) is 25.3 Å². The third-order valence-electron chi connectivity index (χ3n) is 3.75. The van der Waals surface area contributed by atoms with E-state index >= 15 is 0 Å². The molecule has 24 heavy (non-hydrogen) atoms. The van der Waals surface area contributed by atoms with Crippen LogP contribution in [-0.4, -0.2) is 50.1 Å². The topological polar surface area (TPSA) is 32.8 Å². The van der Waals surface area contributed by atoms with Gasteiger partial charge in [0.2, 0.25) is 5.91 Å². The molecule has 1 atom stereocenters. The fourth-order valence-electron chi connectivity index (χ4n) is 2.58. The molecule has 0 N–H and O–H groups in total. The van der Waals surface area contributed by atoms with E-state index in [0.717, 1.165) is 5.56 Å². The highest BCUT2D eigenvalue weighted by Gasteiger charge is 2.28. The van der Waals surface area contributed by atoms with Crippen molar-refractivity contribution < 1.29 is 13.9 Å². The molecule has 4 nitrogen and oxygen atoms in total. The number of thiophene rings is 1. The van der Waals surface area contributed by atoms with Crippen molar-refractivity contribution in [3.8, 4) is 0 Å². The molecule has 1 amide bonds. The Bertz CT molecular complexity index is 646. The van der Waals surface area contributed by atoms with Gasteiger partial charge in [-0.05, 0) is 54.2 Å². The van der Waals surface area contributed by atoms with Crippen LogP contribution in [0.5, 0.6) is 0 Å². The number of methoxy groups -OCH3 is 1. The van der Waals surface area contributed by atoms with Gasteiger partial charge in [-0.25, -0.2) is 4.39 Å². The first kappa shape index (κ1) is 18.6. The summed E-state index contributed by atoms with van der Waals surface area (Å²) in [6, 6.07) is 7.69. The summed E-state index contributed by atoms with van der Waals surface area (Å²) in [4.78, 5) is 16.7. The average molecular weight is 350 g/mol. The highest BCUT2D eigenvalue weighted by Crippen LogP contribution is 2.23. The second-order valence-electron chi connectivity index (χ2n) is 5.81. The van der Waals surface area contributed by atoms with Crippen LogP contribution in [0.1, 0.15) is 17.2 Å². The number of ether oxygens (including phenoxy) is 1. The van der Waals surface area contributed by atoms with Crippen LogP contribution in [0.15, 0.2) is 41.1 Å². The van der Waals surface area contributed by atoms with Gasteiger partial charge < -0.3 is 9.64 Å². The Morgan fingerprint density at radius 2 is 2.12 bits per heavy atom. The maximum Gasteiger partial charge on any atom is 0.244 e. The lowest BCUT2D eigenvalue weighted by molar-refractivity contribution is -0.137. The van der Waals surface area contributed by atoms with Crippen molar-refractivity contribution in [2.24, 2.45) is 0 Å². The van der Waals surface area contributed by atoms with Crippen molar-refractivity contribution in [3.05, 3.63) is 58.0 Å². The molecule has 6 heteroatoms. The van der Waals surface area contributed by atoms with Crippen molar-refractivity contribution in [2.45, 2.75) is 12.6 Å². The van der Waals surface area contributed by atoms with Gasteiger partial charge in [0.25, 0.3) is 0 Å². The van der Waals surface area contributed by atoms with Gasteiger partial charge in [0.1, 0.15) is 11.9 Å². The van der Waals surface area contributed by atoms with Crippen LogP contribution < -0.4 is 0 Å². The Kier molecular flexibility index (Phi) is 6.90. The molecule has 0 bridgehead atoms. The average Bonchev–Trinajstić information content (AvgIpc) is 3.04. The lowest BCUT2D eigenvalue weighted by Crippen LogP contribution is -2.41. The predicted molar refractivity (Wildman–Crippen MR) is 94.4 cm³/mol. The zero-order valence-electron chi connectivity index (χ0n) is 14.2. The molecular weight excluding hydrogens is 327 g/mol. The zero-order chi connectivity index (χ0) is 17.5. The predicted octanol–water partition coefficient (Wildman–Crippen LogP) is 3.17. The van der Waals surface area contributed by atoms with Gasteiger partial charge in [0, 0.05) is 20.2 Å². The Labute approximate surface area is 146 Å². The third-order valence-corrected chi connectivity index (χ3v) is 4.48. The van der Waals surface area contributed by atoms with Crippen LogP contribution in [0.2, 0.25) is 0 Å². The van der Waals surface area contributed by atoms with Gasteiger partial charge >= 0.3 is 0 Å². The molecule has 0 saturated heterocycles. The molecule has 0 saturated carbocycles. The largest absolute Gasteiger partial charge is 0.383 e. The van der Waals surface area contributed by atoms with Crippen LogP contribution in [0.3, 0.4) is 0 Å². The molecule has 2 rings (SSSR count). The molecule has 0 radical (unpaired) electrons. The van der Waals surface area contributed by atoms with Crippen LogP contribution in [-0.2, 0) is 16.1 Å². The normalized spacial score (nSPS) is 12.4. The summed E-state index contributed by atoms with van der Waals surface area (Å²) in [6.07, 6.45) is 0. The molecular formula is C18H23FN2O2S. The van der Waals surface area contributed by atoms with E-state index in [1.165, 1.54) is 12.1 Å². The van der Waals surface area contributed by atoms with Crippen molar-refractivity contribution in [1.29, 1.82) is 0 Å². The Morgan fingerprint density at radius 3 is 2.71 bits per heavy atom. The Morgan fingerprint density at radius 1 is 1.33 bits per heavy atom. The molecule has 0 spiro atoms. The highest BCUT2D eigenvalue weighted by atomic mass is 32.1. The van der Waals surface area contributed by atoms with Crippen LogP contribution in [0, 0.1) is 5.82 Å². The zero-order valence-corrected chi connectivity index (χ0v) is 15.1. The summed E-state index contributed by atoms with van der Waals surface area (Å²) in [7, 11) is 5.27. The number of hydrogen-bond acceptors (Lipinski definition) is 4. The second kappa shape index (κ2) is 8.92. The van der Waals surface area contributed by atoms with Gasteiger partial charge in [-0.15, -0.1) is 0 Å². The molecule has 1 unspecified atom stereocenters.